The zero-order valence-corrected chi connectivity index (χ0v) is 11.6. The minimum atomic E-state index is 0.0506. The SMILES string of the molecule is CCC(C)CC(C)NC(=O)CNc1ccccc1. The Hall–Kier alpha value is -1.51. The Morgan fingerprint density at radius 3 is 2.50 bits per heavy atom. The quantitative estimate of drug-likeness (QED) is 0.778. The highest BCUT2D eigenvalue weighted by Gasteiger charge is 2.10. The van der Waals surface area contributed by atoms with Crippen molar-refractivity contribution in [2.75, 3.05) is 11.9 Å². The van der Waals surface area contributed by atoms with Crippen LogP contribution in [-0.2, 0) is 4.79 Å². The lowest BCUT2D eigenvalue weighted by atomic mass is 10.0. The van der Waals surface area contributed by atoms with E-state index in [4.69, 9.17) is 0 Å². The Kier molecular flexibility index (Phi) is 6.26. The molecule has 1 rings (SSSR count). The molecule has 0 saturated carbocycles. The molecule has 0 aliphatic carbocycles. The first kappa shape index (κ1) is 14.6. The van der Waals surface area contributed by atoms with Gasteiger partial charge in [-0.15, -0.1) is 0 Å². The third-order valence-electron chi connectivity index (χ3n) is 3.09. The van der Waals surface area contributed by atoms with E-state index in [1.54, 1.807) is 0 Å². The maximum Gasteiger partial charge on any atom is 0.239 e. The van der Waals surface area contributed by atoms with Crippen molar-refractivity contribution in [3.63, 3.8) is 0 Å². The molecule has 100 valence electrons. The van der Waals surface area contributed by atoms with Crippen molar-refractivity contribution in [1.29, 1.82) is 0 Å². The Bertz CT molecular complexity index is 351. The van der Waals surface area contributed by atoms with Gasteiger partial charge in [0.05, 0.1) is 6.54 Å². The third-order valence-corrected chi connectivity index (χ3v) is 3.09. The number of carbonyl (C=O) groups excluding carboxylic acids is 1. The van der Waals surface area contributed by atoms with Gasteiger partial charge in [0.1, 0.15) is 0 Å². The molecule has 0 radical (unpaired) electrons. The number of hydrogen-bond acceptors (Lipinski definition) is 2. The van der Waals surface area contributed by atoms with E-state index < -0.39 is 0 Å². The van der Waals surface area contributed by atoms with Gasteiger partial charge in [-0.2, -0.15) is 0 Å². The van der Waals surface area contributed by atoms with Gasteiger partial charge in [0, 0.05) is 11.7 Å². The number of amides is 1. The lowest BCUT2D eigenvalue weighted by Gasteiger charge is -2.17. The van der Waals surface area contributed by atoms with Crippen LogP contribution in [0.5, 0.6) is 0 Å². The van der Waals surface area contributed by atoms with Crippen molar-refractivity contribution >= 4 is 11.6 Å². The molecule has 0 aliphatic rings. The number of benzene rings is 1. The summed E-state index contributed by atoms with van der Waals surface area (Å²) in [6, 6.07) is 10.0. The van der Waals surface area contributed by atoms with E-state index in [9.17, 15) is 4.79 Å². The standard InChI is InChI=1S/C15H24N2O/c1-4-12(2)10-13(3)17-15(18)11-16-14-8-6-5-7-9-14/h5-9,12-13,16H,4,10-11H2,1-3H3,(H,17,18). The first-order valence-electron chi connectivity index (χ1n) is 6.70. The molecular weight excluding hydrogens is 224 g/mol. The molecule has 1 amide bonds. The summed E-state index contributed by atoms with van der Waals surface area (Å²) < 4.78 is 0. The topological polar surface area (TPSA) is 41.1 Å². The second-order valence-corrected chi connectivity index (χ2v) is 4.94. The Balaban J connectivity index is 2.25. The normalized spacial score (nSPS) is 13.7. The van der Waals surface area contributed by atoms with E-state index in [2.05, 4.69) is 31.4 Å². The molecule has 2 atom stereocenters. The van der Waals surface area contributed by atoms with Gasteiger partial charge in [0.15, 0.2) is 0 Å². The molecule has 1 aromatic rings. The monoisotopic (exact) mass is 248 g/mol. The minimum absolute atomic E-state index is 0.0506. The van der Waals surface area contributed by atoms with Crippen molar-refractivity contribution < 1.29 is 4.79 Å². The highest BCUT2D eigenvalue weighted by atomic mass is 16.1. The molecule has 1 aromatic carbocycles. The summed E-state index contributed by atoms with van der Waals surface area (Å²) in [6.07, 6.45) is 2.19. The molecule has 3 heteroatoms. The Morgan fingerprint density at radius 1 is 1.22 bits per heavy atom. The van der Waals surface area contributed by atoms with Gasteiger partial charge < -0.3 is 10.6 Å². The fourth-order valence-electron chi connectivity index (χ4n) is 1.89. The van der Waals surface area contributed by atoms with Crippen LogP contribution >= 0.6 is 0 Å². The number of anilines is 1. The van der Waals surface area contributed by atoms with Gasteiger partial charge >= 0.3 is 0 Å². The zero-order chi connectivity index (χ0) is 13.4. The summed E-state index contributed by atoms with van der Waals surface area (Å²) >= 11 is 0. The van der Waals surface area contributed by atoms with Crippen molar-refractivity contribution in [3.05, 3.63) is 30.3 Å². The van der Waals surface area contributed by atoms with Gasteiger partial charge in [-0.05, 0) is 31.4 Å². The molecule has 2 unspecified atom stereocenters. The zero-order valence-electron chi connectivity index (χ0n) is 11.6. The first-order chi connectivity index (χ1) is 8.61. The summed E-state index contributed by atoms with van der Waals surface area (Å²) in [5, 5.41) is 6.12. The van der Waals surface area contributed by atoms with Gasteiger partial charge in [0.25, 0.3) is 0 Å². The molecule has 0 bridgehead atoms. The molecule has 2 N–H and O–H groups in total. The van der Waals surface area contributed by atoms with E-state index >= 15 is 0 Å². The summed E-state index contributed by atoms with van der Waals surface area (Å²) in [5.41, 5.74) is 0.974. The molecule has 0 heterocycles. The van der Waals surface area contributed by atoms with Crippen LogP contribution in [0.2, 0.25) is 0 Å². The Labute approximate surface area is 110 Å². The highest BCUT2D eigenvalue weighted by Crippen LogP contribution is 2.09. The van der Waals surface area contributed by atoms with Gasteiger partial charge in [-0.25, -0.2) is 0 Å². The number of hydrogen-bond donors (Lipinski definition) is 2. The molecule has 18 heavy (non-hydrogen) atoms. The molecule has 3 nitrogen and oxygen atoms in total. The van der Waals surface area contributed by atoms with Gasteiger partial charge in [0.2, 0.25) is 5.91 Å². The van der Waals surface area contributed by atoms with E-state index in [1.807, 2.05) is 30.3 Å². The van der Waals surface area contributed by atoms with Crippen LogP contribution in [-0.4, -0.2) is 18.5 Å². The second-order valence-electron chi connectivity index (χ2n) is 4.94. The molecule has 0 saturated heterocycles. The number of carbonyl (C=O) groups is 1. The molecule has 0 aliphatic heterocycles. The van der Waals surface area contributed by atoms with E-state index in [1.165, 1.54) is 0 Å². The van der Waals surface area contributed by atoms with Gasteiger partial charge in [-0.3, -0.25) is 4.79 Å². The van der Waals surface area contributed by atoms with Crippen LogP contribution in [0.3, 0.4) is 0 Å². The van der Waals surface area contributed by atoms with Crippen LogP contribution in [0.15, 0.2) is 30.3 Å². The van der Waals surface area contributed by atoms with Crippen molar-refractivity contribution in [3.8, 4) is 0 Å². The lowest BCUT2D eigenvalue weighted by molar-refractivity contribution is -0.120. The van der Waals surface area contributed by atoms with E-state index in [0.29, 0.717) is 12.5 Å². The van der Waals surface area contributed by atoms with Crippen molar-refractivity contribution in [2.24, 2.45) is 5.92 Å². The summed E-state index contributed by atoms with van der Waals surface area (Å²) in [6.45, 7) is 6.78. The molecular formula is C15H24N2O. The fourth-order valence-corrected chi connectivity index (χ4v) is 1.89. The maximum atomic E-state index is 11.7. The number of para-hydroxylation sites is 1. The molecule has 0 spiro atoms. The van der Waals surface area contributed by atoms with Crippen molar-refractivity contribution in [1.82, 2.24) is 5.32 Å². The maximum absolute atomic E-state index is 11.7. The van der Waals surface area contributed by atoms with Crippen LogP contribution in [0, 0.1) is 5.92 Å². The minimum Gasteiger partial charge on any atom is -0.376 e. The average Bonchev–Trinajstić information content (AvgIpc) is 2.37. The van der Waals surface area contributed by atoms with Gasteiger partial charge in [-0.1, -0.05) is 38.5 Å². The van der Waals surface area contributed by atoms with Crippen LogP contribution < -0.4 is 10.6 Å². The van der Waals surface area contributed by atoms with E-state index in [-0.39, 0.29) is 11.9 Å². The molecule has 0 fully saturated rings. The second kappa shape index (κ2) is 7.75. The molecule has 0 aromatic heterocycles. The summed E-state index contributed by atoms with van der Waals surface area (Å²) in [4.78, 5) is 11.7. The fraction of sp³-hybridized carbons (Fsp3) is 0.533. The van der Waals surface area contributed by atoms with Crippen LogP contribution in [0.25, 0.3) is 0 Å². The van der Waals surface area contributed by atoms with Crippen molar-refractivity contribution in [2.45, 2.75) is 39.7 Å². The Morgan fingerprint density at radius 2 is 1.89 bits per heavy atom. The predicted octanol–water partition coefficient (Wildman–Crippen LogP) is 3.04. The highest BCUT2D eigenvalue weighted by molar-refractivity contribution is 5.80. The smallest absolute Gasteiger partial charge is 0.239 e. The predicted molar refractivity (Wildman–Crippen MR) is 76.6 cm³/mol. The van der Waals surface area contributed by atoms with Crippen LogP contribution in [0.4, 0.5) is 5.69 Å². The first-order valence-corrected chi connectivity index (χ1v) is 6.70. The number of rotatable bonds is 7. The third kappa shape index (κ3) is 5.71. The van der Waals surface area contributed by atoms with E-state index in [0.717, 1.165) is 18.5 Å². The largest absolute Gasteiger partial charge is 0.376 e. The lowest BCUT2D eigenvalue weighted by Crippen LogP contribution is -2.37. The van der Waals surface area contributed by atoms with Crippen LogP contribution in [0.1, 0.15) is 33.6 Å². The summed E-state index contributed by atoms with van der Waals surface area (Å²) in [7, 11) is 0. The summed E-state index contributed by atoms with van der Waals surface area (Å²) in [5.74, 6) is 0.706. The number of nitrogens with one attached hydrogen (secondary N) is 2. The average molecular weight is 248 g/mol.